The van der Waals surface area contributed by atoms with Crippen LogP contribution in [0.1, 0.15) is 5.01 Å². The van der Waals surface area contributed by atoms with E-state index in [1.54, 1.807) is 0 Å². The van der Waals surface area contributed by atoms with Gasteiger partial charge >= 0.3 is 5.97 Å². The van der Waals surface area contributed by atoms with Gasteiger partial charge in [0.25, 0.3) is 0 Å². The lowest BCUT2D eigenvalue weighted by atomic mass is 10.3. The molecule has 0 atom stereocenters. The summed E-state index contributed by atoms with van der Waals surface area (Å²) >= 11 is 0.907. The van der Waals surface area contributed by atoms with Gasteiger partial charge < -0.3 is 4.74 Å². The highest BCUT2D eigenvalue weighted by molar-refractivity contribution is 7.07. The van der Waals surface area contributed by atoms with Gasteiger partial charge in [-0.05, 0) is 11.1 Å². The zero-order chi connectivity index (χ0) is 8.97. The van der Waals surface area contributed by atoms with E-state index >= 15 is 0 Å². The molecule has 0 amide bonds. The minimum Gasteiger partial charge on any atom is -0.465 e. The third kappa shape index (κ3) is 1.52. The molecule has 62 valence electrons. The summed E-state index contributed by atoms with van der Waals surface area (Å²) in [4.78, 5) is 10.9. The molecule has 0 aliphatic heterocycles. The Morgan fingerprint density at radius 2 is 2.50 bits per heavy atom. The van der Waals surface area contributed by atoms with Crippen LogP contribution in [0.15, 0.2) is 0 Å². The number of nitrogens with one attached hydrogen (secondary N) is 1. The fraction of sp³-hybridized carbons (Fsp3) is 0.200. The van der Waals surface area contributed by atoms with E-state index in [2.05, 4.69) is 19.5 Å². The Bertz CT molecular complexity index is 327. The lowest BCUT2D eigenvalue weighted by molar-refractivity contribution is -0.133. The van der Waals surface area contributed by atoms with Gasteiger partial charge in [0.1, 0.15) is 0 Å². The van der Waals surface area contributed by atoms with Crippen molar-refractivity contribution in [2.45, 2.75) is 0 Å². The molecule has 0 unspecified atom stereocenters. The molecule has 0 radical (unpaired) electrons. The molecule has 0 saturated carbocycles. The molecule has 0 aliphatic rings. The maximum absolute atomic E-state index is 10.9. The summed E-state index contributed by atoms with van der Waals surface area (Å²) in [6.45, 7) is 0. The van der Waals surface area contributed by atoms with Gasteiger partial charge in [-0.2, -0.15) is 0 Å². The first-order valence-corrected chi connectivity index (χ1v) is 3.60. The molecule has 0 bridgehead atoms. The van der Waals surface area contributed by atoms with Crippen LogP contribution in [0.25, 0.3) is 5.57 Å². The predicted molar refractivity (Wildman–Crippen MR) is 40.9 cm³/mol. The first kappa shape index (κ1) is 8.51. The van der Waals surface area contributed by atoms with Gasteiger partial charge in [-0.25, -0.2) is 4.79 Å². The average molecular weight is 184 g/mol. The molecule has 0 aromatic carbocycles. The molecule has 1 aromatic rings. The van der Waals surface area contributed by atoms with Gasteiger partial charge in [0.05, 0.1) is 7.11 Å². The number of carbonyl (C=O) groups excluding carboxylic acids is 1. The largest absolute Gasteiger partial charge is 0.465 e. The Hall–Kier alpha value is -1.59. The molecule has 1 N–H and O–H groups in total. The first-order chi connectivity index (χ1) is 5.79. The second-order valence-electron chi connectivity index (χ2n) is 1.66. The van der Waals surface area contributed by atoms with Gasteiger partial charge in [-0.15, -0.1) is 5.10 Å². The van der Waals surface area contributed by atoms with Crippen LogP contribution in [-0.4, -0.2) is 33.7 Å². The smallest absolute Gasteiger partial charge is 0.350 e. The fourth-order valence-corrected chi connectivity index (χ4v) is 0.973. The maximum Gasteiger partial charge on any atom is 0.350 e. The summed E-state index contributed by atoms with van der Waals surface area (Å²) in [5, 5.41) is 13.8. The van der Waals surface area contributed by atoms with E-state index in [-0.39, 0.29) is 10.6 Å². The highest BCUT2D eigenvalue weighted by Crippen LogP contribution is 2.11. The third-order valence-electron chi connectivity index (χ3n) is 1.03. The summed E-state index contributed by atoms with van der Waals surface area (Å²) in [5.41, 5.74) is -0.0625. The van der Waals surface area contributed by atoms with Crippen molar-refractivity contribution < 1.29 is 9.53 Å². The topological polar surface area (TPSA) is 88.8 Å². The Morgan fingerprint density at radius 3 is 2.92 bits per heavy atom. The molecule has 7 heteroatoms. The van der Waals surface area contributed by atoms with Crippen LogP contribution in [0.2, 0.25) is 0 Å². The lowest BCUT2D eigenvalue weighted by Crippen LogP contribution is -2.04. The number of carbonyl (C=O) groups is 1. The molecule has 6 nitrogen and oxygen atoms in total. The normalized spacial score (nSPS) is 8.75. The van der Waals surface area contributed by atoms with Crippen LogP contribution in [0.3, 0.4) is 0 Å². The quantitative estimate of drug-likeness (QED) is 0.388. The molecular formula is C5H4N4O2S. The molecular weight excluding hydrogens is 180 g/mol. The summed E-state index contributed by atoms with van der Waals surface area (Å²) in [5.74, 6) is 1.25. The first-order valence-electron chi connectivity index (χ1n) is 2.83. The second-order valence-corrected chi connectivity index (χ2v) is 2.39. The van der Waals surface area contributed by atoms with Crippen molar-refractivity contribution in [1.29, 1.82) is 5.41 Å². The molecule has 1 aromatic heterocycles. The Kier molecular flexibility index (Phi) is 2.62. The number of aromatic nitrogens is 3. The van der Waals surface area contributed by atoms with Crippen molar-refractivity contribution in [3.63, 3.8) is 0 Å². The summed E-state index contributed by atoms with van der Waals surface area (Å²) in [7, 11) is 1.22. The number of rotatable bonds is 2. The SMILES string of the molecule is COC(=O)C(=C=N)c1nnns1. The number of hydrogen-bond donors (Lipinski definition) is 1. The molecule has 0 fully saturated rings. The third-order valence-corrected chi connectivity index (χ3v) is 1.64. The fourth-order valence-electron chi connectivity index (χ4n) is 0.524. The van der Waals surface area contributed by atoms with Gasteiger partial charge in [0.15, 0.2) is 10.6 Å². The van der Waals surface area contributed by atoms with Gasteiger partial charge in [-0.3, -0.25) is 5.41 Å². The number of hydrogen-bond acceptors (Lipinski definition) is 7. The molecule has 1 heterocycles. The van der Waals surface area contributed by atoms with Crippen LogP contribution in [-0.2, 0) is 9.53 Å². The Labute approximate surface area is 71.5 Å². The predicted octanol–water partition coefficient (Wildman–Crippen LogP) is -0.262. The molecule has 1 rings (SSSR count). The van der Waals surface area contributed by atoms with E-state index in [0.717, 1.165) is 11.5 Å². The standard InChI is InChI=1S/C5H4N4O2S/c1-11-5(10)3(2-6)4-7-8-9-12-4/h6H,1H3. The van der Waals surface area contributed by atoms with Gasteiger partial charge in [0, 0.05) is 11.5 Å². The van der Waals surface area contributed by atoms with Crippen LogP contribution >= 0.6 is 11.5 Å². The summed E-state index contributed by atoms with van der Waals surface area (Å²) in [6.07, 6.45) is 0. The van der Waals surface area contributed by atoms with E-state index in [1.807, 2.05) is 5.87 Å². The van der Waals surface area contributed by atoms with Crippen molar-refractivity contribution >= 4 is 28.9 Å². The zero-order valence-corrected chi connectivity index (χ0v) is 6.88. The van der Waals surface area contributed by atoms with Crippen molar-refractivity contribution in [2.24, 2.45) is 0 Å². The molecule has 12 heavy (non-hydrogen) atoms. The maximum atomic E-state index is 10.9. The minimum absolute atomic E-state index is 0.0625. The van der Waals surface area contributed by atoms with E-state index < -0.39 is 5.97 Å². The second kappa shape index (κ2) is 3.70. The van der Waals surface area contributed by atoms with E-state index in [0.29, 0.717) is 0 Å². The van der Waals surface area contributed by atoms with Crippen molar-refractivity contribution in [2.75, 3.05) is 7.11 Å². The van der Waals surface area contributed by atoms with Crippen molar-refractivity contribution in [3.05, 3.63) is 5.01 Å². The van der Waals surface area contributed by atoms with Crippen molar-refractivity contribution in [3.8, 4) is 0 Å². The van der Waals surface area contributed by atoms with Gasteiger partial charge in [-0.1, -0.05) is 4.49 Å². The molecule has 0 spiro atoms. The van der Waals surface area contributed by atoms with Crippen LogP contribution in [0, 0.1) is 5.41 Å². The van der Waals surface area contributed by atoms with E-state index in [9.17, 15) is 4.79 Å². The summed E-state index contributed by atoms with van der Waals surface area (Å²) < 4.78 is 7.82. The highest BCUT2D eigenvalue weighted by Gasteiger charge is 2.15. The Balaban J connectivity index is 3.01. The Morgan fingerprint density at radius 1 is 1.75 bits per heavy atom. The molecule has 0 saturated heterocycles. The van der Waals surface area contributed by atoms with Crippen LogP contribution in [0.4, 0.5) is 0 Å². The average Bonchev–Trinajstić information content (AvgIpc) is 2.58. The highest BCUT2D eigenvalue weighted by atomic mass is 32.1. The number of esters is 1. The van der Waals surface area contributed by atoms with Gasteiger partial charge in [0.2, 0.25) is 0 Å². The van der Waals surface area contributed by atoms with Crippen LogP contribution < -0.4 is 0 Å². The molecule has 0 aliphatic carbocycles. The van der Waals surface area contributed by atoms with E-state index in [1.165, 1.54) is 7.11 Å². The zero-order valence-electron chi connectivity index (χ0n) is 6.07. The number of nitrogens with zero attached hydrogens (tertiary/aromatic N) is 3. The number of methoxy groups -OCH3 is 1. The monoisotopic (exact) mass is 184 g/mol. The van der Waals surface area contributed by atoms with E-state index in [4.69, 9.17) is 5.41 Å². The summed E-state index contributed by atoms with van der Waals surface area (Å²) in [6, 6.07) is 0. The minimum atomic E-state index is -0.663. The van der Waals surface area contributed by atoms with Crippen molar-refractivity contribution in [1.82, 2.24) is 14.8 Å². The van der Waals surface area contributed by atoms with Crippen LogP contribution in [0.5, 0.6) is 0 Å². The lowest BCUT2D eigenvalue weighted by Gasteiger charge is -1.94. The number of ether oxygens (including phenoxy) is 1.